The Labute approximate surface area is 96.9 Å². The Bertz CT molecular complexity index is 494. The number of anilines is 2. The number of carbonyl (C=O) groups excluding carboxylic acids is 1. The molecule has 9 heteroatoms. The number of rotatable bonds is 5. The average Bonchev–Trinajstić information content (AvgIpc) is 2.44. The molecule has 1 rings (SSSR count). The first-order chi connectivity index (χ1) is 7.31. The zero-order valence-electron chi connectivity index (χ0n) is 8.56. The van der Waals surface area contributed by atoms with Crippen LogP contribution in [0.3, 0.4) is 0 Å². The molecule has 0 aliphatic carbocycles. The van der Waals surface area contributed by atoms with Crippen LogP contribution in [0.5, 0.6) is 0 Å². The lowest BCUT2D eigenvalue weighted by Crippen LogP contribution is -2.17. The molecule has 0 saturated heterocycles. The molecule has 0 aliphatic rings. The van der Waals surface area contributed by atoms with Crippen molar-refractivity contribution in [2.45, 2.75) is 0 Å². The fourth-order valence-electron chi connectivity index (χ4n) is 1.01. The number of primary amides is 1. The quantitative estimate of drug-likeness (QED) is 0.644. The van der Waals surface area contributed by atoms with E-state index in [9.17, 15) is 13.2 Å². The highest BCUT2D eigenvalue weighted by Gasteiger charge is 2.16. The molecule has 0 aliphatic heterocycles. The molecule has 1 amide bonds. The van der Waals surface area contributed by atoms with Gasteiger partial charge in [-0.25, -0.2) is 8.42 Å². The van der Waals surface area contributed by atoms with Gasteiger partial charge >= 0.3 is 0 Å². The smallest absolute Gasteiger partial charge is 0.255 e. The van der Waals surface area contributed by atoms with Crippen molar-refractivity contribution in [2.24, 2.45) is 5.73 Å². The maximum atomic E-state index is 11.0. The van der Waals surface area contributed by atoms with Crippen LogP contribution in [0.15, 0.2) is 0 Å². The first-order valence-corrected chi connectivity index (χ1v) is 7.11. The minimum absolute atomic E-state index is 0.0387. The molecule has 0 saturated carbocycles. The van der Waals surface area contributed by atoms with Crippen LogP contribution in [0.2, 0.25) is 0 Å². The summed E-state index contributed by atoms with van der Waals surface area (Å²) in [6, 6.07) is 0. The van der Waals surface area contributed by atoms with Crippen LogP contribution in [0, 0.1) is 0 Å². The number of nitrogen functional groups attached to an aromatic ring is 1. The normalized spacial score (nSPS) is 11.3. The lowest BCUT2D eigenvalue weighted by atomic mass is 10.3. The molecule has 90 valence electrons. The second-order valence-corrected chi connectivity index (χ2v) is 6.23. The van der Waals surface area contributed by atoms with Gasteiger partial charge in [0.05, 0.1) is 5.75 Å². The summed E-state index contributed by atoms with van der Waals surface area (Å²) >= 11 is 0.973. The molecule has 0 spiro atoms. The number of carbonyl (C=O) groups is 1. The van der Waals surface area contributed by atoms with Crippen LogP contribution in [0.25, 0.3) is 0 Å². The fraction of sp³-hybridized carbons (Fsp3) is 0.429. The Morgan fingerprint density at radius 1 is 1.56 bits per heavy atom. The van der Waals surface area contributed by atoms with Crippen LogP contribution in [-0.4, -0.2) is 37.3 Å². The SMILES string of the molecule is CS(=O)(=O)CCNc1snc(N)c1C(N)=O. The number of nitrogens with two attached hydrogens (primary N) is 2. The molecule has 5 N–H and O–H groups in total. The van der Waals surface area contributed by atoms with E-state index in [1.54, 1.807) is 0 Å². The Morgan fingerprint density at radius 3 is 2.69 bits per heavy atom. The van der Waals surface area contributed by atoms with Gasteiger partial charge in [-0.1, -0.05) is 0 Å². The first kappa shape index (κ1) is 12.7. The Balaban J connectivity index is 2.72. The van der Waals surface area contributed by atoms with Crippen molar-refractivity contribution in [3.63, 3.8) is 0 Å². The standard InChI is InChI=1S/C7H12N4O3S2/c1-16(13,14)3-2-10-7-4(6(9)12)5(8)11-15-7/h10H,2-3H2,1H3,(H2,8,11)(H2,9,12). The molecule has 0 unspecified atom stereocenters. The summed E-state index contributed by atoms with van der Waals surface area (Å²) in [5.41, 5.74) is 10.7. The van der Waals surface area contributed by atoms with Gasteiger partial charge in [-0.3, -0.25) is 4.79 Å². The largest absolute Gasteiger partial charge is 0.382 e. The molecule has 0 atom stereocenters. The van der Waals surface area contributed by atoms with Crippen LogP contribution >= 0.6 is 11.5 Å². The Morgan fingerprint density at radius 2 is 2.19 bits per heavy atom. The van der Waals surface area contributed by atoms with E-state index < -0.39 is 15.7 Å². The van der Waals surface area contributed by atoms with Gasteiger partial charge in [0.15, 0.2) is 5.82 Å². The molecule has 7 nitrogen and oxygen atoms in total. The predicted octanol–water partition coefficient (Wildman–Crippen LogP) is -0.719. The Kier molecular flexibility index (Phi) is 3.70. The van der Waals surface area contributed by atoms with Gasteiger partial charge in [0.25, 0.3) is 5.91 Å². The van der Waals surface area contributed by atoms with Crippen molar-refractivity contribution >= 4 is 38.1 Å². The van der Waals surface area contributed by atoms with Crippen molar-refractivity contribution in [1.82, 2.24) is 4.37 Å². The third kappa shape index (κ3) is 3.35. The highest BCUT2D eigenvalue weighted by Crippen LogP contribution is 2.25. The lowest BCUT2D eigenvalue weighted by Gasteiger charge is -2.03. The van der Waals surface area contributed by atoms with Crippen LogP contribution < -0.4 is 16.8 Å². The highest BCUT2D eigenvalue weighted by molar-refractivity contribution is 7.90. The predicted molar refractivity (Wildman–Crippen MR) is 63.2 cm³/mol. The molecule has 0 radical (unpaired) electrons. The van der Waals surface area contributed by atoms with Gasteiger partial charge in [0.1, 0.15) is 20.4 Å². The summed E-state index contributed by atoms with van der Waals surface area (Å²) in [6.45, 7) is 0.181. The van der Waals surface area contributed by atoms with E-state index in [-0.39, 0.29) is 23.7 Å². The minimum atomic E-state index is -3.05. The third-order valence-electron chi connectivity index (χ3n) is 1.72. The van der Waals surface area contributed by atoms with Crippen LogP contribution in [0.1, 0.15) is 10.4 Å². The van der Waals surface area contributed by atoms with Crippen molar-refractivity contribution in [3.8, 4) is 0 Å². The molecule has 1 aromatic rings. The minimum Gasteiger partial charge on any atom is -0.382 e. The second kappa shape index (κ2) is 4.66. The number of hydrogen-bond acceptors (Lipinski definition) is 7. The van der Waals surface area contributed by atoms with E-state index in [0.717, 1.165) is 17.8 Å². The van der Waals surface area contributed by atoms with E-state index >= 15 is 0 Å². The van der Waals surface area contributed by atoms with Gasteiger partial charge < -0.3 is 16.8 Å². The zero-order valence-corrected chi connectivity index (χ0v) is 10.2. The number of aromatic nitrogens is 1. The number of amides is 1. The summed E-state index contributed by atoms with van der Waals surface area (Å²) in [6.07, 6.45) is 1.13. The van der Waals surface area contributed by atoms with E-state index in [0.29, 0.717) is 5.00 Å². The fourth-order valence-corrected chi connectivity index (χ4v) is 2.23. The number of nitrogens with zero attached hydrogens (tertiary/aromatic N) is 1. The number of nitrogens with one attached hydrogen (secondary N) is 1. The highest BCUT2D eigenvalue weighted by atomic mass is 32.2. The summed E-state index contributed by atoms with van der Waals surface area (Å²) in [7, 11) is -3.05. The molecule has 16 heavy (non-hydrogen) atoms. The average molecular weight is 264 g/mol. The van der Waals surface area contributed by atoms with Crippen LogP contribution in [0.4, 0.5) is 10.8 Å². The van der Waals surface area contributed by atoms with E-state index in [4.69, 9.17) is 11.5 Å². The van der Waals surface area contributed by atoms with E-state index in [1.807, 2.05) is 0 Å². The van der Waals surface area contributed by atoms with Gasteiger partial charge in [0, 0.05) is 12.8 Å². The molecular formula is C7H12N4O3S2. The Hall–Kier alpha value is -1.35. The van der Waals surface area contributed by atoms with E-state index in [1.165, 1.54) is 0 Å². The second-order valence-electron chi connectivity index (χ2n) is 3.19. The maximum absolute atomic E-state index is 11.0. The van der Waals surface area contributed by atoms with Crippen molar-refractivity contribution in [3.05, 3.63) is 5.56 Å². The molecule has 0 fully saturated rings. The van der Waals surface area contributed by atoms with Crippen LogP contribution in [-0.2, 0) is 9.84 Å². The number of hydrogen-bond donors (Lipinski definition) is 3. The summed E-state index contributed by atoms with van der Waals surface area (Å²) in [5, 5.41) is 3.16. The zero-order chi connectivity index (χ0) is 12.3. The number of sulfone groups is 1. The lowest BCUT2D eigenvalue weighted by molar-refractivity contribution is 0.100. The van der Waals surface area contributed by atoms with Gasteiger partial charge in [0.2, 0.25) is 0 Å². The maximum Gasteiger partial charge on any atom is 0.255 e. The van der Waals surface area contributed by atoms with Crippen molar-refractivity contribution in [2.75, 3.05) is 29.6 Å². The molecule has 0 aromatic carbocycles. The monoisotopic (exact) mass is 264 g/mol. The van der Waals surface area contributed by atoms with Gasteiger partial charge in [-0.05, 0) is 11.5 Å². The first-order valence-electron chi connectivity index (χ1n) is 4.28. The molecule has 0 bridgehead atoms. The van der Waals surface area contributed by atoms with Gasteiger partial charge in [-0.15, -0.1) is 0 Å². The molecular weight excluding hydrogens is 252 g/mol. The summed E-state index contributed by atoms with van der Waals surface area (Å²) in [5.74, 6) is -0.671. The summed E-state index contributed by atoms with van der Waals surface area (Å²) < 4.78 is 25.5. The topological polar surface area (TPSA) is 128 Å². The van der Waals surface area contributed by atoms with E-state index in [2.05, 4.69) is 9.69 Å². The molecule has 1 aromatic heterocycles. The summed E-state index contributed by atoms with van der Waals surface area (Å²) in [4.78, 5) is 11.0. The molecule has 1 heterocycles. The van der Waals surface area contributed by atoms with Crippen molar-refractivity contribution < 1.29 is 13.2 Å². The van der Waals surface area contributed by atoms with Gasteiger partial charge in [-0.2, -0.15) is 4.37 Å². The third-order valence-corrected chi connectivity index (χ3v) is 3.49. The van der Waals surface area contributed by atoms with Crippen molar-refractivity contribution in [1.29, 1.82) is 0 Å².